The number of aromatic nitrogens is 3. The van der Waals surface area contributed by atoms with Gasteiger partial charge in [-0.05, 0) is 18.2 Å². The molecule has 6 nitrogen and oxygen atoms in total. The van der Waals surface area contributed by atoms with Crippen LogP contribution in [-0.2, 0) is 17.9 Å². The Labute approximate surface area is 160 Å². The summed E-state index contributed by atoms with van der Waals surface area (Å²) < 4.78 is 43.9. The van der Waals surface area contributed by atoms with Crippen LogP contribution in [0.1, 0.15) is 6.42 Å². The Morgan fingerprint density at radius 2 is 2.11 bits per heavy atom. The van der Waals surface area contributed by atoms with E-state index < -0.39 is 24.2 Å². The van der Waals surface area contributed by atoms with Crippen molar-refractivity contribution in [1.29, 1.82) is 0 Å². The Morgan fingerprint density at radius 1 is 1.29 bits per heavy atom. The third-order valence-corrected chi connectivity index (χ3v) is 6.20. The van der Waals surface area contributed by atoms with E-state index in [1.165, 1.54) is 39.1 Å². The van der Waals surface area contributed by atoms with Gasteiger partial charge >= 0.3 is 0 Å². The second-order valence-corrected chi connectivity index (χ2v) is 8.13. The first-order chi connectivity index (χ1) is 13.3. The second kappa shape index (κ2) is 6.00. The van der Waals surface area contributed by atoms with Gasteiger partial charge in [-0.3, -0.25) is 14.2 Å². The maximum absolute atomic E-state index is 13.9. The number of hydrogen-bond donors (Lipinski definition) is 0. The van der Waals surface area contributed by atoms with Crippen molar-refractivity contribution in [1.82, 2.24) is 19.0 Å². The highest BCUT2D eigenvalue weighted by Gasteiger charge is 2.40. The molecule has 10 heteroatoms. The topological polar surface area (TPSA) is 60.1 Å². The van der Waals surface area contributed by atoms with Crippen LogP contribution in [0.3, 0.4) is 0 Å². The lowest BCUT2D eigenvalue weighted by atomic mass is 10.2. The van der Waals surface area contributed by atoms with E-state index in [0.29, 0.717) is 33.9 Å². The van der Waals surface area contributed by atoms with E-state index in [1.54, 1.807) is 0 Å². The van der Waals surface area contributed by atoms with E-state index in [4.69, 9.17) is 0 Å². The molecule has 0 bridgehead atoms. The van der Waals surface area contributed by atoms with Crippen molar-refractivity contribution in [3.63, 3.8) is 0 Å². The third-order valence-electron chi connectivity index (χ3n) is 5.25. The Balaban J connectivity index is 1.69. The molecular formula is C18H15F3N4O2S. The second-order valence-electron chi connectivity index (χ2n) is 7.07. The van der Waals surface area contributed by atoms with Gasteiger partial charge in [0, 0.05) is 30.6 Å². The van der Waals surface area contributed by atoms with Crippen molar-refractivity contribution in [2.45, 2.75) is 30.6 Å². The molecule has 0 N–H and O–H groups in total. The van der Waals surface area contributed by atoms with Gasteiger partial charge < -0.3 is 9.47 Å². The molecule has 0 spiro atoms. The lowest BCUT2D eigenvalue weighted by Crippen LogP contribution is -2.34. The lowest BCUT2D eigenvalue weighted by molar-refractivity contribution is -0.132. The van der Waals surface area contributed by atoms with Crippen LogP contribution in [0.5, 0.6) is 0 Å². The maximum Gasteiger partial charge on any atom is 0.278 e. The van der Waals surface area contributed by atoms with Crippen LogP contribution in [0.15, 0.2) is 28.2 Å². The van der Waals surface area contributed by atoms with Gasteiger partial charge in [0.2, 0.25) is 5.91 Å². The predicted molar refractivity (Wildman–Crippen MR) is 98.3 cm³/mol. The summed E-state index contributed by atoms with van der Waals surface area (Å²) in [6, 6.07) is 4.01. The number of carbonyl (C=O) groups excluding carboxylic acids is 1. The number of fused-ring (bicyclic) bond motifs is 4. The van der Waals surface area contributed by atoms with Crippen LogP contribution in [0.25, 0.3) is 21.9 Å². The zero-order valence-corrected chi connectivity index (χ0v) is 15.4. The zero-order chi connectivity index (χ0) is 19.6. The first-order valence-corrected chi connectivity index (χ1v) is 9.83. The number of nitrogens with zero attached hydrogens (tertiary/aromatic N) is 4. The van der Waals surface area contributed by atoms with Gasteiger partial charge in [0.15, 0.2) is 5.16 Å². The predicted octanol–water partition coefficient (Wildman–Crippen LogP) is 2.46. The summed E-state index contributed by atoms with van der Waals surface area (Å²) in [5.41, 5.74) is 0.710. The van der Waals surface area contributed by atoms with Crippen molar-refractivity contribution in [3.05, 3.63) is 34.4 Å². The summed E-state index contributed by atoms with van der Waals surface area (Å²) in [6.45, 7) is -0.420. The van der Waals surface area contributed by atoms with E-state index in [9.17, 15) is 22.8 Å². The minimum Gasteiger partial charge on any atom is -0.335 e. The SMILES string of the molecule is O=C(Cn1c2ccc(F)cc2c2nc3n(c(=O)c21)CCS3)N1CCC(F)(F)C1. The molecule has 1 aromatic carbocycles. The third kappa shape index (κ3) is 2.61. The minimum atomic E-state index is -2.89. The fourth-order valence-electron chi connectivity index (χ4n) is 3.89. The molecule has 1 fully saturated rings. The van der Waals surface area contributed by atoms with E-state index in [2.05, 4.69) is 4.98 Å². The smallest absolute Gasteiger partial charge is 0.278 e. The summed E-state index contributed by atoms with van der Waals surface area (Å²) in [5.74, 6) is -3.16. The molecule has 146 valence electrons. The molecule has 1 amide bonds. The summed E-state index contributed by atoms with van der Waals surface area (Å²) >= 11 is 1.44. The fourth-order valence-corrected chi connectivity index (χ4v) is 4.84. The molecule has 2 aliphatic rings. The number of hydrogen-bond acceptors (Lipinski definition) is 4. The maximum atomic E-state index is 13.9. The Bertz CT molecular complexity index is 1200. The van der Waals surface area contributed by atoms with Crippen molar-refractivity contribution in [2.75, 3.05) is 18.8 Å². The van der Waals surface area contributed by atoms with Gasteiger partial charge in [0.25, 0.3) is 11.5 Å². The molecule has 0 unspecified atom stereocenters. The number of rotatable bonds is 2. The van der Waals surface area contributed by atoms with Crippen LogP contribution >= 0.6 is 11.8 Å². The molecule has 2 aliphatic heterocycles. The van der Waals surface area contributed by atoms with E-state index >= 15 is 0 Å². The number of carbonyl (C=O) groups is 1. The van der Waals surface area contributed by atoms with Gasteiger partial charge in [-0.1, -0.05) is 11.8 Å². The molecule has 5 rings (SSSR count). The molecule has 0 atom stereocenters. The van der Waals surface area contributed by atoms with Crippen molar-refractivity contribution in [3.8, 4) is 0 Å². The number of likely N-dealkylation sites (tertiary alicyclic amines) is 1. The Morgan fingerprint density at radius 3 is 2.86 bits per heavy atom. The summed E-state index contributed by atoms with van der Waals surface area (Å²) in [5, 5.41) is 0.994. The largest absolute Gasteiger partial charge is 0.335 e. The van der Waals surface area contributed by atoms with Crippen LogP contribution in [0, 0.1) is 5.82 Å². The standard InChI is InChI=1S/C18H15F3N4O2S/c19-10-1-2-12-11(7-10)14-15(16(27)24-5-6-28-17(24)22-14)25(12)8-13(26)23-4-3-18(20,21)9-23/h1-2,7H,3-6,8-9H2. The highest BCUT2D eigenvalue weighted by molar-refractivity contribution is 7.99. The average Bonchev–Trinajstić information content (AvgIpc) is 3.32. The molecular weight excluding hydrogens is 393 g/mol. The molecule has 0 saturated carbocycles. The number of amides is 1. The van der Waals surface area contributed by atoms with Crippen molar-refractivity contribution < 1.29 is 18.0 Å². The molecule has 1 saturated heterocycles. The van der Waals surface area contributed by atoms with Crippen molar-refractivity contribution >= 4 is 39.6 Å². The number of halogens is 3. The summed E-state index contributed by atoms with van der Waals surface area (Å²) in [7, 11) is 0. The van der Waals surface area contributed by atoms with Crippen LogP contribution in [0.2, 0.25) is 0 Å². The zero-order valence-electron chi connectivity index (χ0n) is 14.6. The summed E-state index contributed by atoms with van der Waals surface area (Å²) in [6.07, 6.45) is -0.369. The van der Waals surface area contributed by atoms with E-state index in [0.717, 1.165) is 4.90 Å². The van der Waals surface area contributed by atoms with Gasteiger partial charge in [-0.2, -0.15) is 0 Å². The van der Waals surface area contributed by atoms with Crippen molar-refractivity contribution in [2.24, 2.45) is 0 Å². The minimum absolute atomic E-state index is 0.0269. The van der Waals surface area contributed by atoms with Gasteiger partial charge in [0.1, 0.15) is 23.4 Å². The lowest BCUT2D eigenvalue weighted by Gasteiger charge is -2.17. The molecule has 0 radical (unpaired) electrons. The molecule has 4 heterocycles. The Kier molecular flexibility index (Phi) is 3.77. The average molecular weight is 408 g/mol. The fraction of sp³-hybridized carbons (Fsp3) is 0.389. The van der Waals surface area contributed by atoms with Crippen LogP contribution in [0.4, 0.5) is 13.2 Å². The first-order valence-electron chi connectivity index (χ1n) is 8.85. The number of alkyl halides is 2. The number of benzene rings is 1. The highest BCUT2D eigenvalue weighted by Crippen LogP contribution is 2.31. The van der Waals surface area contributed by atoms with Crippen LogP contribution < -0.4 is 5.56 Å². The van der Waals surface area contributed by atoms with E-state index in [1.807, 2.05) is 0 Å². The Hall–Kier alpha value is -2.49. The van der Waals surface area contributed by atoms with Gasteiger partial charge in [-0.25, -0.2) is 18.2 Å². The molecule has 3 aromatic rings. The van der Waals surface area contributed by atoms with Crippen LogP contribution in [-0.4, -0.2) is 49.7 Å². The monoisotopic (exact) mass is 408 g/mol. The molecule has 2 aromatic heterocycles. The van der Waals surface area contributed by atoms with Gasteiger partial charge in [-0.15, -0.1) is 0 Å². The quantitative estimate of drug-likeness (QED) is 0.612. The van der Waals surface area contributed by atoms with E-state index in [-0.39, 0.29) is 30.6 Å². The van der Waals surface area contributed by atoms with Gasteiger partial charge in [0.05, 0.1) is 12.1 Å². The highest BCUT2D eigenvalue weighted by atomic mass is 32.2. The normalized spacial score (nSPS) is 18.3. The first kappa shape index (κ1) is 17.6. The summed E-state index contributed by atoms with van der Waals surface area (Å²) in [4.78, 5) is 31.4. The molecule has 28 heavy (non-hydrogen) atoms. The number of thioether (sulfide) groups is 1. The molecule has 0 aliphatic carbocycles.